The topological polar surface area (TPSA) is 84.5 Å². The van der Waals surface area contributed by atoms with E-state index >= 15 is 0 Å². The number of aromatic nitrogens is 3. The maximum atomic E-state index is 11.1. The molecular formula is C37H39N3O5. The van der Waals surface area contributed by atoms with Gasteiger partial charge in [0.2, 0.25) is 0 Å². The van der Waals surface area contributed by atoms with Gasteiger partial charge in [0, 0.05) is 21.1 Å². The van der Waals surface area contributed by atoms with Crippen LogP contribution in [0.3, 0.4) is 0 Å². The van der Waals surface area contributed by atoms with E-state index in [1.54, 1.807) is 0 Å². The van der Waals surface area contributed by atoms with Gasteiger partial charge in [-0.2, -0.15) is 0 Å². The number of nitrogens with zero attached hydrogens (tertiary/aromatic N) is 3. The second-order valence-corrected chi connectivity index (χ2v) is 11.1. The van der Waals surface area contributed by atoms with Crippen molar-refractivity contribution in [2.45, 2.75) is 32.1 Å². The lowest BCUT2D eigenvalue weighted by Crippen LogP contribution is -2.51. The number of benzene rings is 4. The van der Waals surface area contributed by atoms with Crippen LogP contribution >= 0.6 is 0 Å². The van der Waals surface area contributed by atoms with Crippen molar-refractivity contribution in [3.8, 4) is 22.6 Å². The van der Waals surface area contributed by atoms with Crippen molar-refractivity contribution >= 4 is 0 Å². The van der Waals surface area contributed by atoms with E-state index in [4.69, 9.17) is 9.47 Å². The monoisotopic (exact) mass is 605 g/mol. The molecule has 1 aliphatic rings. The molecule has 0 atom stereocenters. The lowest BCUT2D eigenvalue weighted by molar-refractivity contribution is 0.317. The Kier molecular flexibility index (Phi) is 9.23. The highest BCUT2D eigenvalue weighted by molar-refractivity contribution is 5.86. The third-order valence-corrected chi connectivity index (χ3v) is 8.19. The van der Waals surface area contributed by atoms with Gasteiger partial charge >= 0.3 is 17.1 Å². The van der Waals surface area contributed by atoms with Gasteiger partial charge in [-0.3, -0.25) is 0 Å². The molecule has 4 aromatic carbocycles. The SMILES string of the molecule is CCCOc1ccc(C2(c3ccc(OCCC)cc3)c3ccccc3-c3ccccc32)cc1.Cn1c(=O)n(C)c(=O)n(C)c1=O. The molecule has 1 aromatic heterocycles. The van der Waals surface area contributed by atoms with Crippen molar-refractivity contribution in [1.82, 2.24) is 13.7 Å². The molecule has 6 rings (SSSR count). The van der Waals surface area contributed by atoms with Crippen molar-refractivity contribution in [1.29, 1.82) is 0 Å². The van der Waals surface area contributed by atoms with E-state index in [1.807, 2.05) is 0 Å². The standard InChI is InChI=1S/C31H30O2.C6H9N3O3/c1-3-21-32-25-17-13-23(14-18-25)31(24-15-19-26(20-16-24)33-22-4-2)29-11-7-5-9-27(29)28-10-6-8-12-30(28)31;1-7-4(10)8(2)6(12)9(3)5(7)11/h5-20H,3-4,21-22H2,1-2H3;1-3H3. The van der Waals surface area contributed by atoms with Crippen molar-refractivity contribution in [2.75, 3.05) is 13.2 Å². The van der Waals surface area contributed by atoms with E-state index < -0.39 is 17.1 Å². The fraction of sp³-hybridized carbons (Fsp3) is 0.270. The van der Waals surface area contributed by atoms with Gasteiger partial charge in [0.1, 0.15) is 11.5 Å². The fourth-order valence-corrected chi connectivity index (χ4v) is 5.99. The number of fused-ring (bicyclic) bond motifs is 3. The molecular weight excluding hydrogens is 566 g/mol. The van der Waals surface area contributed by atoms with Gasteiger partial charge in [0.15, 0.2) is 0 Å². The maximum Gasteiger partial charge on any atom is 0.335 e. The number of hydrogen-bond acceptors (Lipinski definition) is 5. The Bertz CT molecular complexity index is 1770. The molecule has 0 radical (unpaired) electrons. The molecule has 5 aromatic rings. The Morgan fingerprint density at radius 1 is 0.511 bits per heavy atom. The first-order valence-electron chi connectivity index (χ1n) is 15.2. The third-order valence-electron chi connectivity index (χ3n) is 8.19. The minimum absolute atomic E-state index is 0.389. The lowest BCUT2D eigenvalue weighted by atomic mass is 9.68. The highest BCUT2D eigenvalue weighted by Gasteiger charge is 2.45. The van der Waals surface area contributed by atoms with E-state index in [-0.39, 0.29) is 5.41 Å². The Balaban J connectivity index is 0.000000282. The van der Waals surface area contributed by atoms with E-state index in [1.165, 1.54) is 54.5 Å². The summed E-state index contributed by atoms with van der Waals surface area (Å²) >= 11 is 0. The quantitative estimate of drug-likeness (QED) is 0.232. The maximum absolute atomic E-state index is 11.1. The molecule has 0 unspecified atom stereocenters. The zero-order chi connectivity index (χ0) is 32.1. The zero-order valence-electron chi connectivity index (χ0n) is 26.4. The van der Waals surface area contributed by atoms with Gasteiger partial charge in [0.05, 0.1) is 18.6 Å². The minimum atomic E-state index is -0.608. The molecule has 1 aliphatic carbocycles. The van der Waals surface area contributed by atoms with Crippen LogP contribution in [0.15, 0.2) is 111 Å². The molecule has 0 aliphatic heterocycles. The summed E-state index contributed by atoms with van der Waals surface area (Å²) in [4.78, 5) is 33.2. The van der Waals surface area contributed by atoms with Gasteiger partial charge < -0.3 is 9.47 Å². The summed E-state index contributed by atoms with van der Waals surface area (Å²) in [5.74, 6) is 1.83. The molecule has 0 N–H and O–H groups in total. The first-order valence-corrected chi connectivity index (χ1v) is 15.2. The Morgan fingerprint density at radius 2 is 0.844 bits per heavy atom. The Hall–Kier alpha value is -5.11. The van der Waals surface area contributed by atoms with Crippen LogP contribution in [0.25, 0.3) is 11.1 Å². The van der Waals surface area contributed by atoms with E-state index in [2.05, 4.69) is 111 Å². The molecule has 0 fully saturated rings. The first kappa shape index (κ1) is 31.3. The normalized spacial score (nSPS) is 12.5. The van der Waals surface area contributed by atoms with Gasteiger partial charge in [0.25, 0.3) is 0 Å². The molecule has 8 nitrogen and oxygen atoms in total. The summed E-state index contributed by atoms with van der Waals surface area (Å²) in [6.07, 6.45) is 2.00. The average molecular weight is 606 g/mol. The van der Waals surface area contributed by atoms with Crippen molar-refractivity contribution in [3.63, 3.8) is 0 Å². The second-order valence-electron chi connectivity index (χ2n) is 11.1. The minimum Gasteiger partial charge on any atom is -0.494 e. The summed E-state index contributed by atoms with van der Waals surface area (Å²) < 4.78 is 14.4. The molecule has 0 amide bonds. The van der Waals surface area contributed by atoms with Crippen molar-refractivity contribution < 1.29 is 9.47 Å². The number of rotatable bonds is 8. The molecule has 45 heavy (non-hydrogen) atoms. The molecule has 1 heterocycles. The number of hydrogen-bond donors (Lipinski definition) is 0. The van der Waals surface area contributed by atoms with E-state index in [9.17, 15) is 14.4 Å². The third kappa shape index (κ3) is 5.64. The first-order chi connectivity index (χ1) is 21.7. The predicted molar refractivity (Wildman–Crippen MR) is 177 cm³/mol. The van der Waals surface area contributed by atoms with Crippen LogP contribution in [0.2, 0.25) is 0 Å². The summed E-state index contributed by atoms with van der Waals surface area (Å²) in [5.41, 5.74) is 5.49. The van der Waals surface area contributed by atoms with Gasteiger partial charge in [-0.1, -0.05) is 86.6 Å². The summed E-state index contributed by atoms with van der Waals surface area (Å²) in [6.45, 7) is 5.72. The van der Waals surface area contributed by atoms with E-state index in [0.29, 0.717) is 0 Å². The van der Waals surface area contributed by atoms with Gasteiger partial charge in [-0.25, -0.2) is 28.1 Å². The van der Waals surface area contributed by atoms with E-state index in [0.717, 1.165) is 51.3 Å². The number of ether oxygens (including phenoxy) is 2. The van der Waals surface area contributed by atoms with Crippen LogP contribution in [-0.4, -0.2) is 26.9 Å². The van der Waals surface area contributed by atoms with Crippen molar-refractivity contribution in [3.05, 3.63) is 151 Å². The van der Waals surface area contributed by atoms with Crippen LogP contribution in [0.5, 0.6) is 11.5 Å². The molecule has 0 saturated heterocycles. The van der Waals surface area contributed by atoms with Crippen LogP contribution < -0.4 is 26.5 Å². The predicted octanol–water partition coefficient (Wildman–Crippen LogP) is 5.41. The van der Waals surface area contributed by atoms with Crippen molar-refractivity contribution in [2.24, 2.45) is 21.1 Å². The summed E-state index contributed by atoms with van der Waals surface area (Å²) in [5, 5.41) is 0. The largest absolute Gasteiger partial charge is 0.494 e. The molecule has 0 saturated carbocycles. The molecule has 232 valence electrons. The summed E-state index contributed by atoms with van der Waals surface area (Å²) in [7, 11) is 3.97. The van der Waals surface area contributed by atoms with Gasteiger partial charge in [-0.05, 0) is 70.5 Å². The average Bonchev–Trinajstić information content (AvgIpc) is 3.39. The van der Waals surface area contributed by atoms with Crippen LogP contribution in [0.1, 0.15) is 48.9 Å². The zero-order valence-corrected chi connectivity index (χ0v) is 26.4. The highest BCUT2D eigenvalue weighted by atomic mass is 16.5. The van der Waals surface area contributed by atoms with Crippen LogP contribution in [-0.2, 0) is 26.6 Å². The molecule has 0 bridgehead atoms. The summed E-state index contributed by atoms with van der Waals surface area (Å²) in [6, 6.07) is 34.9. The molecule has 8 heteroatoms. The van der Waals surface area contributed by atoms with Gasteiger partial charge in [-0.15, -0.1) is 0 Å². The van der Waals surface area contributed by atoms with Crippen LogP contribution in [0, 0.1) is 0 Å². The smallest absolute Gasteiger partial charge is 0.335 e. The fourth-order valence-electron chi connectivity index (χ4n) is 5.99. The van der Waals surface area contributed by atoms with Crippen LogP contribution in [0.4, 0.5) is 0 Å². The highest BCUT2D eigenvalue weighted by Crippen LogP contribution is 2.56. The lowest BCUT2D eigenvalue weighted by Gasteiger charge is -2.34. The Morgan fingerprint density at radius 3 is 1.18 bits per heavy atom. The molecule has 0 spiro atoms. The Labute approximate surface area is 262 Å². The second kappa shape index (κ2) is 13.3.